The third-order valence-electron chi connectivity index (χ3n) is 3.05. The van der Waals surface area contributed by atoms with Crippen molar-refractivity contribution in [2.24, 2.45) is 4.99 Å². The molecule has 1 heterocycles. The van der Waals surface area contributed by atoms with Gasteiger partial charge in [-0.2, -0.15) is 5.10 Å². The van der Waals surface area contributed by atoms with E-state index in [-0.39, 0.29) is 0 Å². The van der Waals surface area contributed by atoms with Crippen LogP contribution in [0.2, 0.25) is 0 Å². The van der Waals surface area contributed by atoms with E-state index < -0.39 is 0 Å². The molecule has 0 aromatic carbocycles. The summed E-state index contributed by atoms with van der Waals surface area (Å²) in [5.74, 6) is 1.30. The summed E-state index contributed by atoms with van der Waals surface area (Å²) in [4.78, 5) is 4.72. The zero-order valence-electron chi connectivity index (χ0n) is 9.95. The molecule has 5 heteroatoms. The van der Waals surface area contributed by atoms with Gasteiger partial charge in [-0.1, -0.05) is 25.8 Å². The van der Waals surface area contributed by atoms with Crippen LogP contribution >= 0.6 is 0 Å². The smallest absolute Gasteiger partial charge is 0.137 e. The minimum Gasteiger partial charge on any atom is -0.383 e. The maximum atomic E-state index is 5.80. The molecule has 0 spiro atoms. The fraction of sp³-hybridized carbons (Fsp3) is 0.500. The van der Waals surface area contributed by atoms with Gasteiger partial charge < -0.3 is 11.1 Å². The molecule has 0 radical (unpaired) electrons. The van der Waals surface area contributed by atoms with Crippen LogP contribution in [0.25, 0.3) is 0 Å². The summed E-state index contributed by atoms with van der Waals surface area (Å²) in [6, 6.07) is 0.389. The molecule has 1 fully saturated rings. The summed E-state index contributed by atoms with van der Waals surface area (Å²) < 4.78 is 0. The second kappa shape index (κ2) is 5.52. The second-order valence-electron chi connectivity index (χ2n) is 4.32. The fourth-order valence-electron chi connectivity index (χ4n) is 2.16. The summed E-state index contributed by atoms with van der Waals surface area (Å²) in [5, 5.41) is 9.68. The lowest BCUT2D eigenvalue weighted by Gasteiger charge is -2.19. The SMILES string of the molecule is C=CNC(=NC1CCCCC1)c1cn[nH]c1N. The Morgan fingerprint density at radius 3 is 2.88 bits per heavy atom. The topological polar surface area (TPSA) is 79.1 Å². The molecule has 5 nitrogen and oxygen atoms in total. The number of H-pyrrole nitrogens is 1. The number of nitrogens with zero attached hydrogens (tertiary/aromatic N) is 2. The van der Waals surface area contributed by atoms with E-state index in [0.717, 1.165) is 24.2 Å². The van der Waals surface area contributed by atoms with Gasteiger partial charge in [-0.05, 0) is 19.0 Å². The predicted molar refractivity (Wildman–Crippen MR) is 69.7 cm³/mol. The molecule has 4 N–H and O–H groups in total. The molecule has 1 aliphatic carbocycles. The zero-order valence-corrected chi connectivity index (χ0v) is 9.95. The lowest BCUT2D eigenvalue weighted by molar-refractivity contribution is 0.443. The molecule has 0 bridgehead atoms. The number of anilines is 1. The van der Waals surface area contributed by atoms with Gasteiger partial charge in [0.05, 0.1) is 17.8 Å². The number of nitrogens with two attached hydrogens (primary N) is 1. The normalized spacial score (nSPS) is 18.0. The van der Waals surface area contributed by atoms with Crippen LogP contribution in [0.15, 0.2) is 24.0 Å². The van der Waals surface area contributed by atoms with E-state index in [1.165, 1.54) is 19.3 Å². The van der Waals surface area contributed by atoms with Crippen LogP contribution in [0.4, 0.5) is 5.82 Å². The molecule has 17 heavy (non-hydrogen) atoms. The maximum Gasteiger partial charge on any atom is 0.137 e. The molecule has 0 atom stereocenters. The van der Waals surface area contributed by atoms with Crippen LogP contribution in [0.1, 0.15) is 37.7 Å². The minimum absolute atomic E-state index is 0.389. The monoisotopic (exact) mass is 233 g/mol. The summed E-state index contributed by atoms with van der Waals surface area (Å²) in [5.41, 5.74) is 6.62. The van der Waals surface area contributed by atoms with Gasteiger partial charge in [0.2, 0.25) is 0 Å². The molecule has 2 rings (SSSR count). The van der Waals surface area contributed by atoms with Crippen LogP contribution in [0.5, 0.6) is 0 Å². The Hall–Kier alpha value is -1.78. The quantitative estimate of drug-likeness (QED) is 0.550. The van der Waals surface area contributed by atoms with Crippen molar-refractivity contribution in [2.75, 3.05) is 5.73 Å². The van der Waals surface area contributed by atoms with Crippen LogP contribution in [-0.2, 0) is 0 Å². The largest absolute Gasteiger partial charge is 0.383 e. The van der Waals surface area contributed by atoms with Gasteiger partial charge in [-0.25, -0.2) is 0 Å². The number of aromatic nitrogens is 2. The van der Waals surface area contributed by atoms with Gasteiger partial charge in [0.1, 0.15) is 11.7 Å². The van der Waals surface area contributed by atoms with Gasteiger partial charge in [0.15, 0.2) is 0 Å². The zero-order chi connectivity index (χ0) is 12.1. The van der Waals surface area contributed by atoms with Crippen molar-refractivity contribution in [3.63, 3.8) is 0 Å². The van der Waals surface area contributed by atoms with Crippen molar-refractivity contribution < 1.29 is 0 Å². The van der Waals surface area contributed by atoms with E-state index >= 15 is 0 Å². The lowest BCUT2D eigenvalue weighted by Crippen LogP contribution is -2.23. The number of nitrogens with one attached hydrogen (secondary N) is 2. The van der Waals surface area contributed by atoms with Crippen LogP contribution < -0.4 is 11.1 Å². The van der Waals surface area contributed by atoms with Crippen LogP contribution in [0.3, 0.4) is 0 Å². The Morgan fingerprint density at radius 1 is 1.53 bits per heavy atom. The molecular formula is C12H19N5. The highest BCUT2D eigenvalue weighted by Gasteiger charge is 2.15. The Morgan fingerprint density at radius 2 is 2.29 bits per heavy atom. The minimum atomic E-state index is 0.389. The summed E-state index contributed by atoms with van der Waals surface area (Å²) in [6.45, 7) is 3.67. The summed E-state index contributed by atoms with van der Waals surface area (Å²) >= 11 is 0. The van der Waals surface area contributed by atoms with Gasteiger partial charge >= 0.3 is 0 Å². The fourth-order valence-corrected chi connectivity index (χ4v) is 2.16. The van der Waals surface area contributed by atoms with Crippen LogP contribution in [-0.4, -0.2) is 22.1 Å². The van der Waals surface area contributed by atoms with E-state index in [0.29, 0.717) is 11.9 Å². The van der Waals surface area contributed by atoms with Gasteiger partial charge in [-0.15, -0.1) is 0 Å². The highest BCUT2D eigenvalue weighted by atomic mass is 15.2. The van der Waals surface area contributed by atoms with Crippen molar-refractivity contribution in [3.05, 3.63) is 24.5 Å². The first-order chi connectivity index (χ1) is 8.31. The van der Waals surface area contributed by atoms with Gasteiger partial charge in [0.25, 0.3) is 0 Å². The molecule has 1 aromatic heterocycles. The summed E-state index contributed by atoms with van der Waals surface area (Å²) in [7, 11) is 0. The maximum absolute atomic E-state index is 5.80. The number of amidine groups is 1. The molecule has 0 saturated heterocycles. The molecule has 1 aromatic rings. The first-order valence-corrected chi connectivity index (χ1v) is 6.05. The van der Waals surface area contributed by atoms with Crippen molar-refractivity contribution in [1.29, 1.82) is 0 Å². The number of hydrogen-bond acceptors (Lipinski definition) is 3. The molecule has 92 valence electrons. The van der Waals surface area contributed by atoms with Crippen molar-refractivity contribution in [1.82, 2.24) is 15.5 Å². The van der Waals surface area contributed by atoms with Crippen LogP contribution in [0, 0.1) is 0 Å². The highest BCUT2D eigenvalue weighted by Crippen LogP contribution is 2.21. The Bertz CT molecular complexity index is 401. The van der Waals surface area contributed by atoms with E-state index in [4.69, 9.17) is 10.7 Å². The Kier molecular flexibility index (Phi) is 3.80. The standard InChI is InChI=1S/C12H19N5/c1-2-14-12(10-8-15-17-11(10)13)16-9-6-4-3-5-7-9/h2,8-9H,1,3-7H2,(H,14,16)(H3,13,15,17). The number of rotatable bonds is 3. The molecule has 0 amide bonds. The van der Waals surface area contributed by atoms with E-state index in [1.807, 2.05) is 0 Å². The van der Waals surface area contributed by atoms with Crippen molar-refractivity contribution >= 4 is 11.7 Å². The van der Waals surface area contributed by atoms with Gasteiger partial charge in [-0.3, -0.25) is 10.1 Å². The molecule has 1 aliphatic rings. The second-order valence-corrected chi connectivity index (χ2v) is 4.32. The van der Waals surface area contributed by atoms with Gasteiger partial charge in [0, 0.05) is 0 Å². The number of aliphatic imine (C=N–C) groups is 1. The van der Waals surface area contributed by atoms with Crippen molar-refractivity contribution in [2.45, 2.75) is 38.1 Å². The lowest BCUT2D eigenvalue weighted by atomic mass is 9.96. The average molecular weight is 233 g/mol. The third-order valence-corrected chi connectivity index (χ3v) is 3.05. The first-order valence-electron chi connectivity index (χ1n) is 6.05. The molecule has 1 saturated carbocycles. The highest BCUT2D eigenvalue weighted by molar-refractivity contribution is 6.02. The Labute approximate surface area is 101 Å². The third kappa shape index (κ3) is 2.87. The van der Waals surface area contributed by atoms with Crippen molar-refractivity contribution in [3.8, 4) is 0 Å². The average Bonchev–Trinajstić information content (AvgIpc) is 2.76. The first kappa shape index (κ1) is 11.7. The number of aromatic amines is 1. The predicted octanol–water partition coefficient (Wildman–Crippen LogP) is 1.80. The molecular weight excluding hydrogens is 214 g/mol. The van der Waals surface area contributed by atoms with E-state index in [1.54, 1.807) is 12.4 Å². The van der Waals surface area contributed by atoms with E-state index in [2.05, 4.69) is 22.1 Å². The summed E-state index contributed by atoms with van der Waals surface area (Å²) in [6.07, 6.45) is 9.46. The molecule has 0 unspecified atom stereocenters. The molecule has 0 aliphatic heterocycles. The number of nitrogen functional groups attached to an aromatic ring is 1. The van der Waals surface area contributed by atoms with E-state index in [9.17, 15) is 0 Å². The number of hydrogen-bond donors (Lipinski definition) is 3. The Balaban J connectivity index is 2.18.